The second-order valence-electron chi connectivity index (χ2n) is 5.71. The van der Waals surface area contributed by atoms with Crippen molar-refractivity contribution in [3.8, 4) is 0 Å². The molecule has 0 amide bonds. The first-order valence-electron chi connectivity index (χ1n) is 8.30. The molecule has 0 spiro atoms. The number of nitrogens with one attached hydrogen (secondary N) is 2. The van der Waals surface area contributed by atoms with Crippen LogP contribution in [0.25, 0.3) is 0 Å². The number of aliphatic imine (C=N–C) groups is 2. The molecule has 144 valence electrons. The van der Waals surface area contributed by atoms with Crippen LogP contribution in [0, 0.1) is 0 Å². The fourth-order valence-electron chi connectivity index (χ4n) is 2.32. The lowest BCUT2D eigenvalue weighted by Gasteiger charge is -2.17. The maximum atomic E-state index is 4.50. The van der Waals surface area contributed by atoms with Gasteiger partial charge in [-0.3, -0.25) is 9.98 Å². The lowest BCUT2D eigenvalue weighted by Crippen LogP contribution is -2.36. The van der Waals surface area contributed by atoms with Crippen LogP contribution in [0.4, 0.5) is 0 Å². The van der Waals surface area contributed by atoms with Gasteiger partial charge in [-0.2, -0.15) is 10.2 Å². The Morgan fingerprint density at radius 1 is 0.920 bits per heavy atom. The van der Waals surface area contributed by atoms with Crippen molar-refractivity contribution in [3.63, 3.8) is 0 Å². The number of nitrogens with zero attached hydrogens (tertiary/aromatic N) is 6. The molecule has 0 bridgehead atoms. The Morgan fingerprint density at radius 2 is 1.44 bits per heavy atom. The maximum absolute atomic E-state index is 4.50. The predicted molar refractivity (Wildman–Crippen MR) is 127 cm³/mol. The van der Waals surface area contributed by atoms with E-state index in [9.17, 15) is 0 Å². The highest BCUT2D eigenvalue weighted by Gasteiger charge is 2.08. The van der Waals surface area contributed by atoms with Crippen LogP contribution in [0.15, 0.2) is 20.2 Å². The molecule has 2 heterocycles. The monoisotopic (exact) mass is 576 g/mol. The molecule has 0 aromatic carbocycles. The number of halogens is 2. The van der Waals surface area contributed by atoms with Crippen LogP contribution < -0.4 is 10.6 Å². The van der Waals surface area contributed by atoms with Crippen molar-refractivity contribution in [3.05, 3.63) is 0 Å². The second-order valence-corrected chi connectivity index (χ2v) is 5.71. The molecule has 0 saturated carbocycles. The maximum Gasteiger partial charge on any atom is 0.214 e. The fraction of sp³-hybridized carbons (Fsp3) is 0.733. The molecule has 8 nitrogen and oxygen atoms in total. The summed E-state index contributed by atoms with van der Waals surface area (Å²) in [6, 6.07) is 0. The third-order valence-corrected chi connectivity index (χ3v) is 3.60. The molecular formula is C15H30I2N8. The Labute approximate surface area is 184 Å². The number of hydrogen-bond acceptors (Lipinski definition) is 8. The van der Waals surface area contributed by atoms with Crippen LogP contribution in [0.1, 0.15) is 32.6 Å². The topological polar surface area (TPSA) is 80.0 Å². The highest BCUT2D eigenvalue weighted by Crippen LogP contribution is 1.99. The van der Waals surface area contributed by atoms with Crippen LogP contribution in [-0.2, 0) is 0 Å². The molecule has 2 aliphatic heterocycles. The SMILES string of the molecule is CC(/C=N\N(C)C1=NCCCCN1)=N/N(C)C1=NCCCCN1.I.I. The lowest BCUT2D eigenvalue weighted by molar-refractivity contribution is 0.515. The van der Waals surface area contributed by atoms with E-state index < -0.39 is 0 Å². The zero-order valence-corrected chi connectivity index (χ0v) is 19.9. The summed E-state index contributed by atoms with van der Waals surface area (Å²) < 4.78 is 0. The van der Waals surface area contributed by atoms with E-state index in [0.717, 1.165) is 69.5 Å². The molecule has 2 N–H and O–H groups in total. The van der Waals surface area contributed by atoms with E-state index in [1.165, 1.54) is 0 Å². The molecule has 0 atom stereocenters. The minimum absolute atomic E-state index is 0. The van der Waals surface area contributed by atoms with Crippen LogP contribution in [-0.4, -0.2) is 74.1 Å². The van der Waals surface area contributed by atoms with Gasteiger partial charge >= 0.3 is 0 Å². The summed E-state index contributed by atoms with van der Waals surface area (Å²) in [7, 11) is 3.79. The summed E-state index contributed by atoms with van der Waals surface area (Å²) in [5.74, 6) is 1.63. The van der Waals surface area contributed by atoms with Gasteiger partial charge in [-0.25, -0.2) is 10.0 Å². The predicted octanol–water partition coefficient (Wildman–Crippen LogP) is 1.93. The van der Waals surface area contributed by atoms with E-state index >= 15 is 0 Å². The van der Waals surface area contributed by atoms with Gasteiger partial charge in [-0.1, -0.05) is 0 Å². The molecule has 10 heteroatoms. The molecule has 0 aliphatic carbocycles. The Hall–Kier alpha value is -0.660. The summed E-state index contributed by atoms with van der Waals surface area (Å²) in [6.45, 7) is 5.51. The van der Waals surface area contributed by atoms with Crippen LogP contribution in [0.2, 0.25) is 0 Å². The van der Waals surface area contributed by atoms with Crippen molar-refractivity contribution in [2.24, 2.45) is 20.2 Å². The quantitative estimate of drug-likeness (QED) is 0.306. The number of guanidine groups is 2. The third kappa shape index (κ3) is 9.01. The third-order valence-electron chi connectivity index (χ3n) is 3.60. The molecule has 25 heavy (non-hydrogen) atoms. The van der Waals surface area contributed by atoms with Gasteiger partial charge in [0, 0.05) is 40.3 Å². The van der Waals surface area contributed by atoms with E-state index in [1.807, 2.05) is 21.0 Å². The van der Waals surface area contributed by atoms with E-state index in [2.05, 4.69) is 30.8 Å². The smallest absolute Gasteiger partial charge is 0.214 e. The fourth-order valence-corrected chi connectivity index (χ4v) is 2.32. The largest absolute Gasteiger partial charge is 0.355 e. The average molecular weight is 576 g/mol. The Bertz CT molecular complexity index is 504. The van der Waals surface area contributed by atoms with Gasteiger partial charge in [0.05, 0.1) is 11.9 Å². The van der Waals surface area contributed by atoms with Crippen molar-refractivity contribution in [1.29, 1.82) is 0 Å². The van der Waals surface area contributed by atoms with Gasteiger partial charge < -0.3 is 10.6 Å². The molecule has 2 aliphatic rings. The molecule has 2 rings (SSSR count). The summed E-state index contributed by atoms with van der Waals surface area (Å²) in [5.41, 5.74) is 0.808. The van der Waals surface area contributed by atoms with Crippen molar-refractivity contribution >= 4 is 71.8 Å². The average Bonchev–Trinajstić information content (AvgIpc) is 2.97. The van der Waals surface area contributed by atoms with E-state index in [1.54, 1.807) is 16.2 Å². The van der Waals surface area contributed by atoms with E-state index in [-0.39, 0.29) is 48.0 Å². The highest BCUT2D eigenvalue weighted by atomic mass is 127. The first-order valence-corrected chi connectivity index (χ1v) is 8.30. The van der Waals surface area contributed by atoms with E-state index in [0.29, 0.717) is 0 Å². The van der Waals surface area contributed by atoms with Gasteiger partial charge in [-0.15, -0.1) is 48.0 Å². The van der Waals surface area contributed by atoms with Crippen molar-refractivity contribution in [1.82, 2.24) is 20.7 Å². The number of hydrazone groups is 2. The highest BCUT2D eigenvalue weighted by molar-refractivity contribution is 14.0. The summed E-state index contributed by atoms with van der Waals surface area (Å²) >= 11 is 0. The first-order chi connectivity index (χ1) is 11.2. The summed E-state index contributed by atoms with van der Waals surface area (Å²) in [6.07, 6.45) is 6.27. The Morgan fingerprint density at radius 3 is 2.00 bits per heavy atom. The van der Waals surface area contributed by atoms with Crippen LogP contribution in [0.5, 0.6) is 0 Å². The number of rotatable bonds is 3. The van der Waals surface area contributed by atoms with Crippen molar-refractivity contribution in [2.75, 3.05) is 40.3 Å². The molecule has 0 fully saturated rings. The Kier molecular flexibility index (Phi) is 13.2. The van der Waals surface area contributed by atoms with Crippen molar-refractivity contribution in [2.45, 2.75) is 32.6 Å². The molecule has 0 radical (unpaired) electrons. The minimum Gasteiger partial charge on any atom is -0.355 e. The van der Waals surface area contributed by atoms with Gasteiger partial charge in [0.1, 0.15) is 0 Å². The molecule has 0 saturated heterocycles. The first kappa shape index (κ1) is 24.3. The summed E-state index contributed by atoms with van der Waals surface area (Å²) in [4.78, 5) is 8.98. The van der Waals surface area contributed by atoms with Gasteiger partial charge in [0.25, 0.3) is 0 Å². The van der Waals surface area contributed by atoms with E-state index in [4.69, 9.17) is 0 Å². The van der Waals surface area contributed by atoms with Gasteiger partial charge in [-0.05, 0) is 32.6 Å². The minimum atomic E-state index is 0. The normalized spacial score (nSPS) is 18.3. The zero-order chi connectivity index (χ0) is 16.5. The second kappa shape index (κ2) is 13.5. The summed E-state index contributed by atoms with van der Waals surface area (Å²) in [5, 5.41) is 19.0. The molecular weight excluding hydrogens is 546 g/mol. The number of hydrogen-bond donors (Lipinski definition) is 2. The van der Waals surface area contributed by atoms with Crippen LogP contribution in [0.3, 0.4) is 0 Å². The lowest BCUT2D eigenvalue weighted by atomic mass is 10.3. The van der Waals surface area contributed by atoms with Gasteiger partial charge in [0.2, 0.25) is 11.9 Å². The van der Waals surface area contributed by atoms with Crippen LogP contribution >= 0.6 is 48.0 Å². The van der Waals surface area contributed by atoms with Gasteiger partial charge in [0.15, 0.2) is 0 Å². The zero-order valence-electron chi connectivity index (χ0n) is 15.2. The Balaban J connectivity index is 0.00000288. The molecule has 0 unspecified atom stereocenters. The molecule has 0 aromatic heterocycles. The molecule has 0 aromatic rings. The standard InChI is InChI=1S/C15H28N8.2HI/c1-13(21-23(3)15-18-10-6-7-11-19-15)12-20-22(2)14-16-8-4-5-9-17-14;;/h12H,4-11H2,1-3H3,(H,16,17)(H,18,19);2*1H/b20-12-,21-13-;;. The van der Waals surface area contributed by atoms with Crippen molar-refractivity contribution < 1.29 is 0 Å².